The SMILES string of the molecule is Cc1ccc(C(CN2CCOCC2)NC(=O)/C=C/c2c(C)nn(-c3ccccc3)c2C)cc1. The summed E-state index contributed by atoms with van der Waals surface area (Å²) in [6.07, 6.45) is 3.49. The number of morpholine rings is 1. The highest BCUT2D eigenvalue weighted by Crippen LogP contribution is 2.20. The van der Waals surface area contributed by atoms with Gasteiger partial charge in [-0.1, -0.05) is 48.0 Å². The molecule has 1 atom stereocenters. The quantitative estimate of drug-likeness (QED) is 0.560. The summed E-state index contributed by atoms with van der Waals surface area (Å²) in [5, 5.41) is 7.88. The molecule has 0 saturated carbocycles. The predicted octanol–water partition coefficient (Wildman–Crippen LogP) is 4.00. The van der Waals surface area contributed by atoms with Gasteiger partial charge in [0, 0.05) is 37.0 Å². The van der Waals surface area contributed by atoms with Crippen LogP contribution in [0.2, 0.25) is 0 Å². The lowest BCUT2D eigenvalue weighted by Crippen LogP contribution is -2.42. The Labute approximate surface area is 195 Å². The van der Waals surface area contributed by atoms with Gasteiger partial charge in [-0.05, 0) is 44.5 Å². The molecule has 172 valence electrons. The zero-order chi connectivity index (χ0) is 23.2. The van der Waals surface area contributed by atoms with Gasteiger partial charge in [-0.3, -0.25) is 9.69 Å². The second-order valence-corrected chi connectivity index (χ2v) is 8.55. The molecule has 0 spiro atoms. The van der Waals surface area contributed by atoms with Crippen LogP contribution < -0.4 is 5.32 Å². The molecule has 1 saturated heterocycles. The second kappa shape index (κ2) is 10.6. The molecular formula is C27H32N4O2. The maximum atomic E-state index is 12.9. The summed E-state index contributed by atoms with van der Waals surface area (Å²) >= 11 is 0. The fraction of sp³-hybridized carbons (Fsp3) is 0.333. The molecule has 1 fully saturated rings. The first-order valence-electron chi connectivity index (χ1n) is 11.5. The van der Waals surface area contributed by atoms with Gasteiger partial charge in [0.2, 0.25) is 5.91 Å². The van der Waals surface area contributed by atoms with Crippen LogP contribution in [-0.4, -0.2) is 53.4 Å². The molecule has 1 unspecified atom stereocenters. The Kier molecular flexibility index (Phi) is 7.37. The average Bonchev–Trinajstić information content (AvgIpc) is 3.12. The third kappa shape index (κ3) is 5.78. The van der Waals surface area contributed by atoms with Crippen molar-refractivity contribution in [3.8, 4) is 5.69 Å². The number of hydrogen-bond donors (Lipinski definition) is 1. The highest BCUT2D eigenvalue weighted by atomic mass is 16.5. The fourth-order valence-electron chi connectivity index (χ4n) is 4.17. The molecule has 0 aliphatic carbocycles. The highest BCUT2D eigenvalue weighted by Gasteiger charge is 2.20. The minimum Gasteiger partial charge on any atom is -0.379 e. The van der Waals surface area contributed by atoms with Gasteiger partial charge >= 0.3 is 0 Å². The van der Waals surface area contributed by atoms with E-state index in [2.05, 4.69) is 46.5 Å². The number of carbonyl (C=O) groups excluding carboxylic acids is 1. The number of ether oxygens (including phenoxy) is 1. The minimum absolute atomic E-state index is 0.0879. The molecule has 2 aromatic carbocycles. The van der Waals surface area contributed by atoms with Crippen LogP contribution >= 0.6 is 0 Å². The molecule has 2 heterocycles. The third-order valence-electron chi connectivity index (χ3n) is 6.09. The fourth-order valence-corrected chi connectivity index (χ4v) is 4.17. The number of para-hydroxylation sites is 1. The van der Waals surface area contributed by atoms with E-state index in [-0.39, 0.29) is 11.9 Å². The molecule has 1 amide bonds. The van der Waals surface area contributed by atoms with Crippen molar-refractivity contribution in [1.82, 2.24) is 20.0 Å². The summed E-state index contributed by atoms with van der Waals surface area (Å²) in [6, 6.07) is 18.3. The largest absolute Gasteiger partial charge is 0.379 e. The summed E-state index contributed by atoms with van der Waals surface area (Å²) in [6.45, 7) is 10.1. The molecule has 3 aromatic rings. The number of hydrogen-bond acceptors (Lipinski definition) is 4. The summed E-state index contributed by atoms with van der Waals surface area (Å²) in [4.78, 5) is 15.3. The van der Waals surface area contributed by atoms with Crippen molar-refractivity contribution in [2.45, 2.75) is 26.8 Å². The highest BCUT2D eigenvalue weighted by molar-refractivity contribution is 5.92. The zero-order valence-corrected chi connectivity index (χ0v) is 19.6. The number of aromatic nitrogens is 2. The van der Waals surface area contributed by atoms with Gasteiger partial charge in [0.15, 0.2) is 0 Å². The van der Waals surface area contributed by atoms with Gasteiger partial charge in [-0.15, -0.1) is 0 Å². The lowest BCUT2D eigenvalue weighted by Gasteiger charge is -2.31. The van der Waals surface area contributed by atoms with Gasteiger partial charge in [0.1, 0.15) is 0 Å². The summed E-state index contributed by atoms with van der Waals surface area (Å²) in [5.74, 6) is -0.111. The van der Waals surface area contributed by atoms with E-state index in [1.54, 1.807) is 6.08 Å². The summed E-state index contributed by atoms with van der Waals surface area (Å²) < 4.78 is 7.40. The predicted molar refractivity (Wildman–Crippen MR) is 131 cm³/mol. The first-order valence-corrected chi connectivity index (χ1v) is 11.5. The number of aryl methyl sites for hydroxylation is 2. The Morgan fingerprint density at radius 3 is 2.45 bits per heavy atom. The van der Waals surface area contributed by atoms with Crippen LogP contribution in [0.15, 0.2) is 60.7 Å². The molecule has 1 aromatic heterocycles. The van der Waals surface area contributed by atoms with Crippen molar-refractivity contribution in [1.29, 1.82) is 0 Å². The third-order valence-corrected chi connectivity index (χ3v) is 6.09. The van der Waals surface area contributed by atoms with Crippen molar-refractivity contribution in [3.63, 3.8) is 0 Å². The minimum atomic E-state index is -0.111. The van der Waals surface area contributed by atoms with Crippen LogP contribution in [-0.2, 0) is 9.53 Å². The van der Waals surface area contributed by atoms with Crippen LogP contribution in [0, 0.1) is 20.8 Å². The van der Waals surface area contributed by atoms with E-state index in [0.717, 1.165) is 61.1 Å². The molecule has 33 heavy (non-hydrogen) atoms. The molecule has 6 heteroatoms. The number of nitrogens with zero attached hydrogens (tertiary/aromatic N) is 3. The van der Waals surface area contributed by atoms with Gasteiger partial charge < -0.3 is 10.1 Å². The number of nitrogens with one attached hydrogen (secondary N) is 1. The molecule has 1 aliphatic rings. The average molecular weight is 445 g/mol. The number of rotatable bonds is 7. The standard InChI is InChI=1S/C27H32N4O2/c1-20-9-11-23(12-10-20)26(19-30-15-17-33-18-16-30)28-27(32)14-13-25-21(2)29-31(22(25)3)24-7-5-4-6-8-24/h4-14,26H,15-19H2,1-3H3,(H,28,32)/b14-13+. The normalized spacial score (nSPS) is 15.6. The molecular weight excluding hydrogens is 412 g/mol. The molecule has 1 aliphatic heterocycles. The van der Waals surface area contributed by atoms with Crippen molar-refractivity contribution >= 4 is 12.0 Å². The Morgan fingerprint density at radius 1 is 1.06 bits per heavy atom. The van der Waals surface area contributed by atoms with E-state index in [1.165, 1.54) is 5.56 Å². The maximum absolute atomic E-state index is 12.9. The van der Waals surface area contributed by atoms with E-state index in [1.807, 2.05) is 54.9 Å². The van der Waals surface area contributed by atoms with Crippen molar-refractivity contribution in [2.24, 2.45) is 0 Å². The summed E-state index contributed by atoms with van der Waals surface area (Å²) in [7, 11) is 0. The number of benzene rings is 2. The van der Waals surface area contributed by atoms with Crippen LogP contribution in [0.5, 0.6) is 0 Å². The van der Waals surface area contributed by atoms with Crippen molar-refractivity contribution in [2.75, 3.05) is 32.8 Å². The molecule has 4 rings (SSSR count). The molecule has 6 nitrogen and oxygen atoms in total. The lowest BCUT2D eigenvalue weighted by molar-refractivity contribution is -0.117. The number of carbonyl (C=O) groups is 1. The molecule has 0 bridgehead atoms. The smallest absolute Gasteiger partial charge is 0.244 e. The van der Waals surface area contributed by atoms with E-state index in [9.17, 15) is 4.79 Å². The van der Waals surface area contributed by atoms with Gasteiger partial charge in [-0.25, -0.2) is 4.68 Å². The Hall–Kier alpha value is -3.22. The van der Waals surface area contributed by atoms with Gasteiger partial charge in [0.25, 0.3) is 0 Å². The van der Waals surface area contributed by atoms with Crippen LogP contribution in [0.4, 0.5) is 0 Å². The lowest BCUT2D eigenvalue weighted by atomic mass is 10.0. The van der Waals surface area contributed by atoms with Crippen LogP contribution in [0.3, 0.4) is 0 Å². The van der Waals surface area contributed by atoms with Crippen molar-refractivity contribution < 1.29 is 9.53 Å². The Bertz CT molecular complexity index is 1100. The van der Waals surface area contributed by atoms with E-state index >= 15 is 0 Å². The van der Waals surface area contributed by atoms with Gasteiger partial charge in [0.05, 0.1) is 30.6 Å². The molecule has 1 N–H and O–H groups in total. The topological polar surface area (TPSA) is 59.4 Å². The summed E-state index contributed by atoms with van der Waals surface area (Å²) in [5.41, 5.74) is 6.19. The Balaban J connectivity index is 1.50. The van der Waals surface area contributed by atoms with Crippen molar-refractivity contribution in [3.05, 3.63) is 88.8 Å². The number of amides is 1. The molecule has 0 radical (unpaired) electrons. The van der Waals surface area contributed by atoms with Crippen LogP contribution in [0.1, 0.15) is 34.1 Å². The van der Waals surface area contributed by atoms with E-state index < -0.39 is 0 Å². The maximum Gasteiger partial charge on any atom is 0.244 e. The zero-order valence-electron chi connectivity index (χ0n) is 19.6. The van der Waals surface area contributed by atoms with E-state index in [0.29, 0.717) is 0 Å². The second-order valence-electron chi connectivity index (χ2n) is 8.55. The first kappa shape index (κ1) is 23.0. The first-order chi connectivity index (χ1) is 16.0. The van der Waals surface area contributed by atoms with E-state index in [4.69, 9.17) is 4.74 Å². The van der Waals surface area contributed by atoms with Gasteiger partial charge in [-0.2, -0.15) is 5.10 Å². The van der Waals surface area contributed by atoms with Crippen LogP contribution in [0.25, 0.3) is 11.8 Å². The Morgan fingerprint density at radius 2 is 1.76 bits per heavy atom. The monoisotopic (exact) mass is 444 g/mol.